The first-order chi connectivity index (χ1) is 27.0. The van der Waals surface area contributed by atoms with Gasteiger partial charge in [-0.2, -0.15) is 10.2 Å². The number of hydrazone groups is 2. The van der Waals surface area contributed by atoms with Crippen LogP contribution in [0.4, 0.5) is 11.4 Å². The van der Waals surface area contributed by atoms with Crippen molar-refractivity contribution in [3.05, 3.63) is 105 Å². The van der Waals surface area contributed by atoms with Crippen LogP contribution in [0.25, 0.3) is 23.3 Å². The van der Waals surface area contributed by atoms with E-state index >= 15 is 0 Å². The van der Waals surface area contributed by atoms with Gasteiger partial charge in [0.05, 0.1) is 35.4 Å². The zero-order valence-corrected chi connectivity index (χ0v) is 44.4. The van der Waals surface area contributed by atoms with Crippen LogP contribution in [0.15, 0.2) is 103 Å². The minimum atomic E-state index is -5.38. The maximum Gasteiger partial charge on any atom is 1.00 e. The molecule has 0 aromatic heterocycles. The Hall–Kier alpha value is -2.12. The second-order valence-electron chi connectivity index (χ2n) is 12.0. The Balaban J connectivity index is 0.00000331. The number of allylic oxidation sites excluding steroid dienone is 2. The Morgan fingerprint density at radius 1 is 0.484 bits per heavy atom. The summed E-state index contributed by atoms with van der Waals surface area (Å²) in [7, 11) is -18.1. The van der Waals surface area contributed by atoms with Crippen LogP contribution in [-0.4, -0.2) is 89.1 Å². The van der Waals surface area contributed by atoms with Gasteiger partial charge in [-0.05, 0) is 82.9 Å². The molecule has 4 aromatic rings. The molecule has 0 amide bonds. The molecule has 28 heteroatoms. The van der Waals surface area contributed by atoms with E-state index in [9.17, 15) is 61.5 Å². The molecular weight excluding hydrogens is 941 g/mol. The molecule has 2 aliphatic rings. The molecule has 0 saturated carbocycles. The molecule has 302 valence electrons. The number of nitrogens with zero attached hydrogens (tertiary/aromatic N) is 2. The van der Waals surface area contributed by atoms with E-state index < -0.39 is 83.1 Å². The van der Waals surface area contributed by atoms with Crippen LogP contribution in [0.3, 0.4) is 0 Å². The van der Waals surface area contributed by atoms with Gasteiger partial charge in [0.25, 0.3) is 0 Å². The molecule has 20 nitrogen and oxygen atoms in total. The normalized spacial score (nSPS) is 14.9. The zero-order valence-electron chi connectivity index (χ0n) is 33.1. The van der Waals surface area contributed by atoms with E-state index in [-0.39, 0.29) is 163 Å². The molecule has 2 aliphatic carbocycles. The molecule has 0 saturated heterocycles. The number of anilines is 2. The Morgan fingerprint density at radius 2 is 0.887 bits per heavy atom. The van der Waals surface area contributed by atoms with Crippen molar-refractivity contribution in [2.75, 3.05) is 25.1 Å². The van der Waals surface area contributed by atoms with Gasteiger partial charge in [0.1, 0.15) is 73.2 Å². The second-order valence-corrected chi connectivity index (χ2v) is 17.4. The summed E-state index contributed by atoms with van der Waals surface area (Å²) in [4.78, 5) is 22.3. The number of nitrogens with one attached hydrogen (secondary N) is 2. The van der Waals surface area contributed by atoms with Crippen LogP contribution in [0, 0.1) is 0 Å². The summed E-state index contributed by atoms with van der Waals surface area (Å²) in [5.41, 5.74) is 4.31. The number of carbonyl (C=O) groups is 2. The third kappa shape index (κ3) is 12.2. The van der Waals surface area contributed by atoms with E-state index in [4.69, 9.17) is 9.47 Å². The number of benzene rings is 4. The number of methoxy groups -OCH3 is 2. The van der Waals surface area contributed by atoms with Gasteiger partial charge in [-0.15, -0.1) is 0 Å². The van der Waals surface area contributed by atoms with Crippen LogP contribution < -0.4 is 139 Å². The Kier molecular flexibility index (Phi) is 19.4. The number of rotatable bonds is 11. The van der Waals surface area contributed by atoms with E-state index in [0.717, 1.165) is 42.5 Å². The van der Waals surface area contributed by atoms with Crippen LogP contribution in [0.1, 0.15) is 22.3 Å². The Bertz CT molecular complexity index is 3090. The Morgan fingerprint density at radius 3 is 1.31 bits per heavy atom. The predicted octanol–water partition coefficient (Wildman–Crippen LogP) is -10.2. The van der Waals surface area contributed by atoms with Gasteiger partial charge >= 0.3 is 118 Å². The molecule has 62 heavy (non-hydrogen) atoms. The van der Waals surface area contributed by atoms with Crippen LogP contribution in [-0.2, 0) is 50.1 Å². The maximum atomic E-state index is 13.1. The van der Waals surface area contributed by atoms with Gasteiger partial charge in [0.2, 0.25) is 11.6 Å². The molecule has 0 radical (unpaired) electrons. The first-order valence-corrected chi connectivity index (χ1v) is 21.3. The van der Waals surface area contributed by atoms with E-state index in [0.29, 0.717) is 17.2 Å². The predicted molar refractivity (Wildman–Crippen MR) is 199 cm³/mol. The smallest absolute Gasteiger partial charge is 0.744 e. The molecule has 0 spiro atoms. The topological polar surface area (TPSA) is 330 Å². The summed E-state index contributed by atoms with van der Waals surface area (Å²) in [6.07, 6.45) is 1.39. The number of ketones is 2. The SMILES string of the molecule is COc1cc(-c2ccc(N/N=C3/C(=O)C(S(=O)(=O)[O-])=Cc4cc(S(=O)(=O)[O-])ccc43)c(OC)c2)ccc1N/N=C1\C(=O)C(S(=O)(=O)[O-])=Cc2ccc(S(=O)(=O)[O-])cc21.[Na+].[Na+].[Na+].[Na+]. The number of hydrogen-bond donors (Lipinski definition) is 2. The standard InChI is InChI=1S/C34H26N4O16S4.4Na/c1-53-27-12-17(4-9-25(27)35-37-31-23-8-7-21(55(41,42)43)11-20(23)15-30(33(31)39)58(50,51)52)18-5-10-26(28(13-18)54-2)36-38-32-24-16-22(56(44,45)46)6-3-19(24)14-29(34(32)40)57(47,48)49;;;;/h3-16,35-36H,1-2H3,(H,41,42,43)(H,44,45,46)(H,47,48,49)(H,50,51,52);;;;/q;4*+1/p-4/b37-31+,38-32-;;;;. The van der Waals surface area contributed by atoms with Gasteiger partial charge in [-0.25, -0.2) is 33.7 Å². The summed E-state index contributed by atoms with van der Waals surface area (Å²) in [5.74, 6) is -2.46. The molecule has 0 unspecified atom stereocenters. The fourth-order valence-corrected chi connectivity index (χ4v) is 7.89. The van der Waals surface area contributed by atoms with Crippen molar-refractivity contribution in [3.63, 3.8) is 0 Å². The summed E-state index contributed by atoms with van der Waals surface area (Å²) in [6, 6.07) is 14.5. The second kappa shape index (κ2) is 21.5. The molecule has 4 aromatic carbocycles. The zero-order chi connectivity index (χ0) is 42.5. The van der Waals surface area contributed by atoms with E-state index in [1.807, 2.05) is 0 Å². The average Bonchev–Trinajstić information content (AvgIpc) is 3.14. The van der Waals surface area contributed by atoms with Crippen molar-refractivity contribution in [3.8, 4) is 22.6 Å². The molecular formula is C34H22N4Na4O16S4. The molecule has 0 fully saturated rings. The van der Waals surface area contributed by atoms with Crippen LogP contribution >= 0.6 is 0 Å². The van der Waals surface area contributed by atoms with Gasteiger partial charge < -0.3 is 27.7 Å². The largest absolute Gasteiger partial charge is 1.00 e. The monoisotopic (exact) mass is 962 g/mol. The fourth-order valence-electron chi connectivity index (χ4n) is 5.70. The molecule has 0 bridgehead atoms. The van der Waals surface area contributed by atoms with Crippen molar-refractivity contribution < 1.29 is 189 Å². The van der Waals surface area contributed by atoms with Gasteiger partial charge in [-0.3, -0.25) is 20.4 Å². The minimum absolute atomic E-state index is 0. The van der Waals surface area contributed by atoms with E-state index in [2.05, 4.69) is 21.1 Å². The first-order valence-electron chi connectivity index (χ1n) is 15.7. The van der Waals surface area contributed by atoms with Gasteiger partial charge in [-0.1, -0.05) is 24.3 Å². The summed E-state index contributed by atoms with van der Waals surface area (Å²) in [5, 5.41) is 7.96. The van der Waals surface area contributed by atoms with E-state index in [1.165, 1.54) is 38.5 Å². The van der Waals surface area contributed by atoms with Gasteiger partial charge in [0, 0.05) is 11.1 Å². The molecule has 0 aliphatic heterocycles. The number of ether oxygens (including phenoxy) is 2. The van der Waals surface area contributed by atoms with Crippen molar-refractivity contribution in [2.24, 2.45) is 10.2 Å². The van der Waals surface area contributed by atoms with Crippen molar-refractivity contribution >= 4 is 87.0 Å². The molecule has 6 rings (SSSR count). The number of fused-ring (bicyclic) bond motifs is 2. The summed E-state index contributed by atoms with van der Waals surface area (Å²) in [6.45, 7) is 0. The molecule has 0 heterocycles. The fraction of sp³-hybridized carbons (Fsp3) is 0.0588. The third-order valence-electron chi connectivity index (χ3n) is 8.44. The number of hydrogen-bond acceptors (Lipinski definition) is 20. The maximum absolute atomic E-state index is 13.1. The summed E-state index contributed by atoms with van der Waals surface area (Å²) >= 11 is 0. The average molecular weight is 963 g/mol. The van der Waals surface area contributed by atoms with Gasteiger partial charge in [0.15, 0.2) is 0 Å². The Labute approximate surface area is 442 Å². The first kappa shape index (κ1) is 56.0. The van der Waals surface area contributed by atoms with E-state index in [1.54, 1.807) is 12.1 Å². The van der Waals surface area contributed by atoms with Crippen molar-refractivity contribution in [1.82, 2.24) is 0 Å². The van der Waals surface area contributed by atoms with Crippen molar-refractivity contribution in [1.29, 1.82) is 0 Å². The van der Waals surface area contributed by atoms with Crippen molar-refractivity contribution in [2.45, 2.75) is 9.79 Å². The third-order valence-corrected chi connectivity index (χ3v) is 11.8. The quantitative estimate of drug-likeness (QED) is 0.0801. The number of carbonyl (C=O) groups excluding carboxylic acids is 2. The summed E-state index contributed by atoms with van der Waals surface area (Å²) < 4.78 is 152. The molecule has 0 atom stereocenters. The van der Waals surface area contributed by atoms with Crippen LogP contribution in [0.2, 0.25) is 0 Å². The van der Waals surface area contributed by atoms with Crippen LogP contribution in [0.5, 0.6) is 11.5 Å². The molecule has 2 N–H and O–H groups in total. The number of Topliss-reactive ketones (excluding diaryl/α,β-unsaturated/α-hetero) is 2. The minimum Gasteiger partial charge on any atom is -0.744 e.